The van der Waals surface area contributed by atoms with E-state index in [4.69, 9.17) is 27.7 Å². The lowest BCUT2D eigenvalue weighted by atomic mass is 10.1. The van der Waals surface area contributed by atoms with Crippen LogP contribution in [0, 0.1) is 17.1 Å². The summed E-state index contributed by atoms with van der Waals surface area (Å²) in [5.74, 6) is -2.31. The SMILES string of the molecule is N#Cc1ccc(Nc2cc(F)c(C(=O)O)cc2N)c(Cl)c1. The number of nitrogens with two attached hydrogens (primary N) is 1. The van der Waals surface area contributed by atoms with Crippen LogP contribution in [0.4, 0.5) is 21.5 Å². The monoisotopic (exact) mass is 305 g/mol. The number of rotatable bonds is 3. The second kappa shape index (κ2) is 5.69. The summed E-state index contributed by atoms with van der Waals surface area (Å²) in [5.41, 5.74) is 6.23. The van der Waals surface area contributed by atoms with Gasteiger partial charge in [-0.05, 0) is 24.3 Å². The molecule has 2 rings (SSSR count). The average molecular weight is 306 g/mol. The fraction of sp³-hybridized carbons (Fsp3) is 0. The Morgan fingerprint density at radius 2 is 2.05 bits per heavy atom. The third-order valence-corrected chi connectivity index (χ3v) is 3.05. The van der Waals surface area contributed by atoms with E-state index in [1.807, 2.05) is 6.07 Å². The molecule has 0 aliphatic carbocycles. The molecule has 0 bridgehead atoms. The molecule has 2 aromatic carbocycles. The van der Waals surface area contributed by atoms with Gasteiger partial charge in [-0.25, -0.2) is 9.18 Å². The third kappa shape index (κ3) is 3.04. The Balaban J connectivity index is 2.39. The maximum absolute atomic E-state index is 13.7. The predicted molar refractivity (Wildman–Crippen MR) is 77.2 cm³/mol. The lowest BCUT2D eigenvalue weighted by molar-refractivity contribution is 0.0692. The molecule has 0 saturated heterocycles. The average Bonchev–Trinajstić information content (AvgIpc) is 2.44. The Morgan fingerprint density at radius 3 is 2.62 bits per heavy atom. The van der Waals surface area contributed by atoms with Gasteiger partial charge in [0.15, 0.2) is 0 Å². The zero-order valence-electron chi connectivity index (χ0n) is 10.5. The van der Waals surface area contributed by atoms with Gasteiger partial charge in [0.2, 0.25) is 0 Å². The van der Waals surface area contributed by atoms with Crippen LogP contribution in [0.3, 0.4) is 0 Å². The van der Waals surface area contributed by atoms with E-state index < -0.39 is 17.3 Å². The number of halogens is 2. The number of hydrogen-bond acceptors (Lipinski definition) is 4. The Kier molecular flexibility index (Phi) is 3.96. The zero-order chi connectivity index (χ0) is 15.6. The maximum Gasteiger partial charge on any atom is 0.338 e. The van der Waals surface area contributed by atoms with Crippen molar-refractivity contribution >= 4 is 34.6 Å². The van der Waals surface area contributed by atoms with Gasteiger partial charge < -0.3 is 16.2 Å². The van der Waals surface area contributed by atoms with Crippen molar-refractivity contribution in [2.24, 2.45) is 0 Å². The molecule has 0 aromatic heterocycles. The number of benzene rings is 2. The lowest BCUT2D eigenvalue weighted by Crippen LogP contribution is -2.05. The van der Waals surface area contributed by atoms with Gasteiger partial charge >= 0.3 is 5.97 Å². The molecule has 0 heterocycles. The smallest absolute Gasteiger partial charge is 0.338 e. The highest BCUT2D eigenvalue weighted by molar-refractivity contribution is 6.33. The minimum absolute atomic E-state index is 0.0641. The first-order valence-corrected chi connectivity index (χ1v) is 6.09. The first kappa shape index (κ1) is 14.6. The van der Waals surface area contributed by atoms with Crippen molar-refractivity contribution in [3.05, 3.63) is 52.3 Å². The molecule has 106 valence electrons. The molecule has 0 saturated carbocycles. The summed E-state index contributed by atoms with van der Waals surface area (Å²) >= 11 is 5.99. The number of hydrogen-bond donors (Lipinski definition) is 3. The van der Waals surface area contributed by atoms with Gasteiger partial charge in [-0.15, -0.1) is 0 Å². The van der Waals surface area contributed by atoms with Gasteiger partial charge in [0.25, 0.3) is 0 Å². The van der Waals surface area contributed by atoms with Gasteiger partial charge in [0.1, 0.15) is 5.82 Å². The van der Waals surface area contributed by atoms with Crippen molar-refractivity contribution in [1.82, 2.24) is 0 Å². The van der Waals surface area contributed by atoms with Crippen molar-refractivity contribution in [2.75, 3.05) is 11.1 Å². The Morgan fingerprint density at radius 1 is 1.33 bits per heavy atom. The molecule has 21 heavy (non-hydrogen) atoms. The molecule has 7 heteroatoms. The van der Waals surface area contributed by atoms with Crippen LogP contribution in [-0.4, -0.2) is 11.1 Å². The lowest BCUT2D eigenvalue weighted by Gasteiger charge is -2.12. The molecule has 4 N–H and O–H groups in total. The number of aromatic carboxylic acids is 1. The number of nitrogens with zero attached hydrogens (tertiary/aromatic N) is 1. The van der Waals surface area contributed by atoms with Crippen molar-refractivity contribution in [3.8, 4) is 6.07 Å². The number of anilines is 3. The van der Waals surface area contributed by atoms with E-state index in [0.717, 1.165) is 12.1 Å². The van der Waals surface area contributed by atoms with E-state index in [-0.39, 0.29) is 16.4 Å². The topological polar surface area (TPSA) is 99.1 Å². The zero-order valence-corrected chi connectivity index (χ0v) is 11.3. The first-order valence-electron chi connectivity index (χ1n) is 5.71. The highest BCUT2D eigenvalue weighted by atomic mass is 35.5. The molecule has 0 atom stereocenters. The predicted octanol–water partition coefficient (Wildman–Crippen LogP) is 3.37. The standard InChI is InChI=1S/C14H9ClFN3O2/c15-9-3-7(6-17)1-2-12(9)19-13-5-10(16)8(14(20)21)4-11(13)18/h1-5,19H,18H2,(H,20,21). The normalized spacial score (nSPS) is 9.95. The molecule has 0 unspecified atom stereocenters. The van der Waals surface area contributed by atoms with Crippen molar-refractivity contribution in [1.29, 1.82) is 5.26 Å². The summed E-state index contributed by atoms with van der Waals surface area (Å²) in [6.45, 7) is 0. The summed E-state index contributed by atoms with van der Waals surface area (Å²) in [5, 5.41) is 20.6. The Hall–Kier alpha value is -2.78. The van der Waals surface area contributed by atoms with E-state index in [2.05, 4.69) is 5.32 Å². The van der Waals surface area contributed by atoms with E-state index in [9.17, 15) is 9.18 Å². The quantitative estimate of drug-likeness (QED) is 0.755. The largest absolute Gasteiger partial charge is 0.478 e. The van der Waals surface area contributed by atoms with E-state index in [0.29, 0.717) is 11.3 Å². The Labute approximate surface area is 124 Å². The summed E-state index contributed by atoms with van der Waals surface area (Å²) in [6, 6.07) is 8.47. The molecule has 5 nitrogen and oxygen atoms in total. The highest BCUT2D eigenvalue weighted by Crippen LogP contribution is 2.30. The summed E-state index contributed by atoms with van der Waals surface area (Å²) in [6.07, 6.45) is 0. The van der Waals surface area contributed by atoms with Gasteiger partial charge in [-0.2, -0.15) is 5.26 Å². The molecule has 0 radical (unpaired) electrons. The van der Waals surface area contributed by atoms with Crippen LogP contribution in [0.5, 0.6) is 0 Å². The first-order chi connectivity index (χ1) is 9.92. The minimum atomic E-state index is -1.40. The molecule has 0 aliphatic heterocycles. The van der Waals surface area contributed by atoms with Crippen LogP contribution in [0.25, 0.3) is 0 Å². The van der Waals surface area contributed by atoms with Crippen LogP contribution < -0.4 is 11.1 Å². The van der Waals surface area contributed by atoms with Crippen molar-refractivity contribution in [2.45, 2.75) is 0 Å². The minimum Gasteiger partial charge on any atom is -0.478 e. The molecule has 0 aliphatic rings. The number of carboxylic acid groups (broad SMARTS) is 1. The van der Waals surface area contributed by atoms with E-state index >= 15 is 0 Å². The van der Waals surface area contributed by atoms with Crippen molar-refractivity contribution < 1.29 is 14.3 Å². The summed E-state index contributed by atoms with van der Waals surface area (Å²) < 4.78 is 13.7. The van der Waals surface area contributed by atoms with Gasteiger partial charge in [-0.3, -0.25) is 0 Å². The number of carboxylic acids is 1. The van der Waals surface area contributed by atoms with Crippen LogP contribution in [-0.2, 0) is 0 Å². The fourth-order valence-corrected chi connectivity index (χ4v) is 1.92. The summed E-state index contributed by atoms with van der Waals surface area (Å²) in [4.78, 5) is 10.8. The number of nitriles is 1. The molecular weight excluding hydrogens is 297 g/mol. The second-order valence-electron chi connectivity index (χ2n) is 4.16. The number of nitrogen functional groups attached to an aromatic ring is 1. The number of nitrogens with one attached hydrogen (secondary N) is 1. The van der Waals surface area contributed by atoms with Crippen LogP contribution in [0.15, 0.2) is 30.3 Å². The maximum atomic E-state index is 13.7. The molecule has 0 amide bonds. The Bertz CT molecular complexity index is 772. The van der Waals surface area contributed by atoms with Crippen molar-refractivity contribution in [3.63, 3.8) is 0 Å². The number of carbonyl (C=O) groups is 1. The van der Waals surface area contributed by atoms with E-state index in [1.54, 1.807) is 6.07 Å². The highest BCUT2D eigenvalue weighted by Gasteiger charge is 2.14. The van der Waals surface area contributed by atoms with Gasteiger partial charge in [-0.1, -0.05) is 11.6 Å². The van der Waals surface area contributed by atoms with Gasteiger partial charge in [0.05, 0.1) is 39.3 Å². The molecule has 0 fully saturated rings. The van der Waals surface area contributed by atoms with Crippen LogP contribution >= 0.6 is 11.6 Å². The third-order valence-electron chi connectivity index (χ3n) is 2.74. The van der Waals surface area contributed by atoms with Gasteiger partial charge in [0, 0.05) is 6.07 Å². The van der Waals surface area contributed by atoms with Crippen LogP contribution in [0.2, 0.25) is 5.02 Å². The summed E-state index contributed by atoms with van der Waals surface area (Å²) in [7, 11) is 0. The molecule has 0 spiro atoms. The van der Waals surface area contributed by atoms with E-state index in [1.165, 1.54) is 12.1 Å². The fourth-order valence-electron chi connectivity index (χ4n) is 1.69. The molecular formula is C14H9ClFN3O2. The van der Waals surface area contributed by atoms with Crippen LogP contribution in [0.1, 0.15) is 15.9 Å². The molecule has 2 aromatic rings. The second-order valence-corrected chi connectivity index (χ2v) is 4.56.